The first-order valence-corrected chi connectivity index (χ1v) is 5.11. The van der Waals surface area contributed by atoms with Gasteiger partial charge < -0.3 is 0 Å². The van der Waals surface area contributed by atoms with Gasteiger partial charge in [-0.1, -0.05) is 24.3 Å². The van der Waals surface area contributed by atoms with Crippen LogP contribution in [0.2, 0.25) is 0 Å². The molecule has 1 heterocycles. The summed E-state index contributed by atoms with van der Waals surface area (Å²) in [4.78, 5) is 15.0. The molecular weight excluding hydrogens is 198 g/mol. The zero-order valence-corrected chi connectivity index (χ0v) is 8.55. The van der Waals surface area contributed by atoms with Crippen molar-refractivity contribution in [3.63, 3.8) is 0 Å². The summed E-state index contributed by atoms with van der Waals surface area (Å²) in [7, 11) is 0. The van der Waals surface area contributed by atoms with E-state index in [-0.39, 0.29) is 0 Å². The average molecular weight is 207 g/mol. The fourth-order valence-electron chi connectivity index (χ4n) is 1.99. The van der Waals surface area contributed by atoms with Crippen molar-refractivity contribution in [1.29, 1.82) is 0 Å². The van der Waals surface area contributed by atoms with Crippen LogP contribution in [-0.2, 0) is 0 Å². The topological polar surface area (TPSA) is 30.0 Å². The molecular formula is C14H9NO. The minimum atomic E-state index is 0.700. The van der Waals surface area contributed by atoms with E-state index in [1.165, 1.54) is 0 Å². The molecule has 1 aromatic carbocycles. The van der Waals surface area contributed by atoms with E-state index in [1.54, 1.807) is 6.20 Å². The number of carbonyl (C=O) groups is 1. The summed E-state index contributed by atoms with van der Waals surface area (Å²) in [6.07, 6.45) is 2.67. The van der Waals surface area contributed by atoms with Crippen LogP contribution in [0.4, 0.5) is 0 Å². The smallest absolute Gasteiger partial charge is 0.150 e. The highest BCUT2D eigenvalue weighted by molar-refractivity contribution is 5.98. The number of hydrogen-bond acceptors (Lipinski definition) is 2. The van der Waals surface area contributed by atoms with Gasteiger partial charge in [-0.3, -0.25) is 9.78 Å². The predicted octanol–water partition coefficient (Wildman–Crippen LogP) is 3.15. The normalized spacial score (nSPS) is 10.8. The minimum Gasteiger partial charge on any atom is -0.298 e. The largest absolute Gasteiger partial charge is 0.298 e. The third-order valence-corrected chi connectivity index (χ3v) is 2.76. The summed E-state index contributed by atoms with van der Waals surface area (Å²) < 4.78 is 0. The molecule has 0 spiro atoms. The molecule has 2 aliphatic rings. The summed E-state index contributed by atoms with van der Waals surface area (Å²) in [6, 6.07) is 13.7. The molecule has 16 heavy (non-hydrogen) atoms. The summed E-state index contributed by atoms with van der Waals surface area (Å²) in [5.41, 5.74) is 2.80. The number of nitrogens with zero attached hydrogens (tertiary/aromatic N) is 1. The first-order valence-electron chi connectivity index (χ1n) is 5.11. The van der Waals surface area contributed by atoms with Gasteiger partial charge in [-0.2, -0.15) is 0 Å². The monoisotopic (exact) mass is 207 g/mol. The SMILES string of the molecule is O=Cc1ccc2c3ccnc-3cccc2c1. The zero-order valence-electron chi connectivity index (χ0n) is 8.55. The molecule has 0 N–H and O–H groups in total. The van der Waals surface area contributed by atoms with Crippen LogP contribution in [0, 0.1) is 0 Å². The van der Waals surface area contributed by atoms with Gasteiger partial charge in [0.1, 0.15) is 6.29 Å². The van der Waals surface area contributed by atoms with Crippen LogP contribution in [0.3, 0.4) is 0 Å². The molecule has 1 aromatic rings. The maximum Gasteiger partial charge on any atom is 0.150 e. The molecule has 0 saturated heterocycles. The molecule has 76 valence electrons. The number of aldehydes is 1. The Morgan fingerprint density at radius 1 is 1.06 bits per heavy atom. The highest BCUT2D eigenvalue weighted by atomic mass is 16.1. The highest BCUT2D eigenvalue weighted by Crippen LogP contribution is 2.28. The van der Waals surface area contributed by atoms with Crippen LogP contribution in [-0.4, -0.2) is 11.3 Å². The molecule has 0 atom stereocenters. The van der Waals surface area contributed by atoms with Crippen LogP contribution < -0.4 is 0 Å². The zero-order chi connectivity index (χ0) is 11.0. The lowest BCUT2D eigenvalue weighted by molar-refractivity contribution is 0.112. The molecule has 1 aliphatic carbocycles. The Balaban J connectivity index is 2.45. The predicted molar refractivity (Wildman–Crippen MR) is 63.8 cm³/mol. The molecule has 0 fully saturated rings. The van der Waals surface area contributed by atoms with Crippen LogP contribution in [0.1, 0.15) is 10.4 Å². The van der Waals surface area contributed by atoms with Gasteiger partial charge in [-0.05, 0) is 29.0 Å². The van der Waals surface area contributed by atoms with Crippen LogP contribution in [0.25, 0.3) is 22.0 Å². The van der Waals surface area contributed by atoms with E-state index in [2.05, 4.69) is 4.98 Å². The third-order valence-electron chi connectivity index (χ3n) is 2.76. The van der Waals surface area contributed by atoms with E-state index in [4.69, 9.17) is 0 Å². The fraction of sp³-hybridized carbons (Fsp3) is 0. The first kappa shape index (κ1) is 9.04. The Hall–Kier alpha value is -2.22. The maximum atomic E-state index is 10.7. The Morgan fingerprint density at radius 2 is 2.00 bits per heavy atom. The lowest BCUT2D eigenvalue weighted by Gasteiger charge is -1.98. The second-order valence-electron chi connectivity index (χ2n) is 3.73. The van der Waals surface area contributed by atoms with Gasteiger partial charge >= 0.3 is 0 Å². The Kier molecular flexibility index (Phi) is 1.93. The van der Waals surface area contributed by atoms with E-state index in [1.807, 2.05) is 42.5 Å². The molecule has 0 bridgehead atoms. The van der Waals surface area contributed by atoms with E-state index in [0.29, 0.717) is 5.56 Å². The van der Waals surface area contributed by atoms with Crippen molar-refractivity contribution in [1.82, 2.24) is 4.98 Å². The Morgan fingerprint density at radius 3 is 2.88 bits per heavy atom. The van der Waals surface area contributed by atoms with Gasteiger partial charge in [0.25, 0.3) is 0 Å². The molecule has 0 unspecified atom stereocenters. The molecule has 0 amide bonds. The Labute approximate surface area is 92.9 Å². The molecule has 0 aromatic heterocycles. The first-order chi connectivity index (χ1) is 7.88. The fourth-order valence-corrected chi connectivity index (χ4v) is 1.99. The number of fused-ring (bicyclic) bond motifs is 3. The standard InChI is InChI=1S/C14H9NO/c16-9-10-4-5-12-11(8-10)2-1-3-14-13(12)6-7-15-14/h1-9H. The summed E-state index contributed by atoms with van der Waals surface area (Å²) >= 11 is 0. The van der Waals surface area contributed by atoms with Crippen molar-refractivity contribution < 1.29 is 4.79 Å². The quantitative estimate of drug-likeness (QED) is 0.574. The van der Waals surface area contributed by atoms with Crippen molar-refractivity contribution >= 4 is 17.1 Å². The minimum absolute atomic E-state index is 0.700. The number of hydrogen-bond donors (Lipinski definition) is 0. The number of benzene rings is 1. The maximum absolute atomic E-state index is 10.7. The number of carbonyl (C=O) groups excluding carboxylic acids is 1. The van der Waals surface area contributed by atoms with E-state index in [0.717, 1.165) is 28.3 Å². The number of aromatic nitrogens is 1. The van der Waals surface area contributed by atoms with Crippen LogP contribution in [0.15, 0.2) is 48.7 Å². The summed E-state index contributed by atoms with van der Waals surface area (Å²) in [5.74, 6) is 0. The van der Waals surface area contributed by atoms with Gasteiger partial charge in [0.15, 0.2) is 0 Å². The van der Waals surface area contributed by atoms with Gasteiger partial charge in [-0.15, -0.1) is 0 Å². The van der Waals surface area contributed by atoms with Crippen molar-refractivity contribution in [2.45, 2.75) is 0 Å². The average Bonchev–Trinajstić information content (AvgIpc) is 2.71. The van der Waals surface area contributed by atoms with Crippen molar-refractivity contribution in [3.8, 4) is 11.3 Å². The van der Waals surface area contributed by atoms with Crippen molar-refractivity contribution in [2.75, 3.05) is 0 Å². The number of rotatable bonds is 1. The van der Waals surface area contributed by atoms with E-state index >= 15 is 0 Å². The van der Waals surface area contributed by atoms with Crippen molar-refractivity contribution in [2.24, 2.45) is 0 Å². The molecule has 1 aliphatic heterocycles. The van der Waals surface area contributed by atoms with Gasteiger partial charge in [0, 0.05) is 17.3 Å². The molecule has 0 saturated carbocycles. The van der Waals surface area contributed by atoms with E-state index < -0.39 is 0 Å². The molecule has 3 rings (SSSR count). The molecule has 2 heteroatoms. The highest BCUT2D eigenvalue weighted by Gasteiger charge is 2.06. The van der Waals surface area contributed by atoms with Crippen LogP contribution in [0.5, 0.6) is 0 Å². The lowest BCUT2D eigenvalue weighted by atomic mass is 10.1. The lowest BCUT2D eigenvalue weighted by Crippen LogP contribution is -1.79. The molecule has 2 nitrogen and oxygen atoms in total. The molecule has 0 radical (unpaired) electrons. The summed E-state index contributed by atoms with van der Waals surface area (Å²) in [6.45, 7) is 0. The van der Waals surface area contributed by atoms with Gasteiger partial charge in [0.05, 0.1) is 5.69 Å². The Bertz CT molecular complexity index is 645. The van der Waals surface area contributed by atoms with Crippen molar-refractivity contribution in [3.05, 3.63) is 54.2 Å². The second-order valence-corrected chi connectivity index (χ2v) is 3.73. The van der Waals surface area contributed by atoms with Gasteiger partial charge in [-0.25, -0.2) is 0 Å². The second kappa shape index (κ2) is 3.42. The third kappa shape index (κ3) is 1.27. The van der Waals surface area contributed by atoms with E-state index in [9.17, 15) is 4.79 Å². The summed E-state index contributed by atoms with van der Waals surface area (Å²) in [5, 5.41) is 2.19. The van der Waals surface area contributed by atoms with Gasteiger partial charge in [0.2, 0.25) is 0 Å². The van der Waals surface area contributed by atoms with Crippen LogP contribution >= 0.6 is 0 Å².